The molecule has 8 heteroatoms. The molecule has 1 fully saturated rings. The van der Waals surface area contributed by atoms with Crippen molar-refractivity contribution < 1.29 is 23.8 Å². The second-order valence-electron chi connectivity index (χ2n) is 7.58. The number of rotatable bonds is 6. The minimum Gasteiger partial charge on any atom is -0.489 e. The van der Waals surface area contributed by atoms with Crippen molar-refractivity contribution >= 4 is 40.6 Å². The molecule has 0 atom stereocenters. The third-order valence-electron chi connectivity index (χ3n) is 5.26. The van der Waals surface area contributed by atoms with E-state index >= 15 is 0 Å². The van der Waals surface area contributed by atoms with Crippen LogP contribution < -0.4 is 4.74 Å². The van der Waals surface area contributed by atoms with Gasteiger partial charge in [0.1, 0.15) is 18.2 Å². The molecule has 1 aliphatic heterocycles. The van der Waals surface area contributed by atoms with Crippen LogP contribution in [0.3, 0.4) is 0 Å². The molecule has 0 spiro atoms. The van der Waals surface area contributed by atoms with Crippen LogP contribution in [0.2, 0.25) is 0 Å². The number of hydrogen-bond acceptors (Lipinski definition) is 5. The maximum absolute atomic E-state index is 13.8. The number of hydrogen-bond donors (Lipinski definition) is 1. The van der Waals surface area contributed by atoms with Crippen molar-refractivity contribution in [1.82, 2.24) is 4.90 Å². The number of nitrogens with zero attached hydrogens (tertiary/aromatic N) is 2. The summed E-state index contributed by atoms with van der Waals surface area (Å²) in [5.41, 5.74) is 2.40. The van der Waals surface area contributed by atoms with Crippen LogP contribution in [0.4, 0.5) is 10.1 Å². The van der Waals surface area contributed by atoms with Crippen molar-refractivity contribution in [2.45, 2.75) is 13.5 Å². The number of carbonyl (C=O) groups is 2. The summed E-state index contributed by atoms with van der Waals surface area (Å²) in [5.74, 6) is -1.02. The number of aliphatic imine (C=N–C) groups is 1. The minimum atomic E-state index is -1.03. The number of carboxylic acid groups (broad SMARTS) is 1. The Morgan fingerprint density at radius 1 is 1.15 bits per heavy atom. The fourth-order valence-electron chi connectivity index (χ4n) is 3.35. The van der Waals surface area contributed by atoms with E-state index in [0.29, 0.717) is 32.6 Å². The van der Waals surface area contributed by atoms with Gasteiger partial charge >= 0.3 is 5.97 Å². The average Bonchev–Trinajstić information content (AvgIpc) is 3.07. The Morgan fingerprint density at radius 3 is 2.68 bits per heavy atom. The molecule has 0 aromatic heterocycles. The third-order valence-corrected chi connectivity index (χ3v) is 6.32. The van der Waals surface area contributed by atoms with E-state index in [0.717, 1.165) is 5.56 Å². The van der Waals surface area contributed by atoms with E-state index in [9.17, 15) is 19.1 Å². The maximum atomic E-state index is 13.8. The van der Waals surface area contributed by atoms with E-state index in [1.807, 2.05) is 6.07 Å². The van der Waals surface area contributed by atoms with Gasteiger partial charge in [0.05, 0.1) is 16.2 Å². The molecule has 172 valence electrons. The van der Waals surface area contributed by atoms with E-state index in [-0.39, 0.29) is 23.9 Å². The zero-order chi connectivity index (χ0) is 24.2. The summed E-state index contributed by atoms with van der Waals surface area (Å²) in [6.45, 7) is 1.78. The van der Waals surface area contributed by atoms with Crippen LogP contribution in [0.5, 0.6) is 5.75 Å². The first-order valence-electron chi connectivity index (χ1n) is 10.4. The molecule has 0 aliphatic carbocycles. The summed E-state index contributed by atoms with van der Waals surface area (Å²) >= 11 is 1.21. The van der Waals surface area contributed by atoms with Gasteiger partial charge < -0.3 is 9.84 Å². The number of amides is 1. The molecule has 6 nitrogen and oxygen atoms in total. The van der Waals surface area contributed by atoms with Crippen LogP contribution in [-0.2, 0) is 11.4 Å². The predicted octanol–water partition coefficient (Wildman–Crippen LogP) is 5.65. The number of aromatic carboxylic acids is 1. The number of ether oxygens (including phenoxy) is 1. The van der Waals surface area contributed by atoms with Crippen molar-refractivity contribution in [2.75, 3.05) is 7.05 Å². The SMILES string of the molecule is Cc1c(N=C2S/C(=C\c3cccc(OCc4ccccc4F)c3)C(=O)N2C)cccc1C(=O)O. The van der Waals surface area contributed by atoms with Gasteiger partial charge in [0.25, 0.3) is 5.91 Å². The van der Waals surface area contributed by atoms with Gasteiger partial charge in [-0.25, -0.2) is 14.2 Å². The van der Waals surface area contributed by atoms with Gasteiger partial charge in [-0.05, 0) is 66.2 Å². The number of carbonyl (C=O) groups excluding carboxylic acids is 1. The number of amidine groups is 1. The minimum absolute atomic E-state index is 0.0919. The van der Waals surface area contributed by atoms with Crippen LogP contribution in [0.15, 0.2) is 76.6 Å². The van der Waals surface area contributed by atoms with Crippen molar-refractivity contribution in [3.63, 3.8) is 0 Å². The van der Waals surface area contributed by atoms with Crippen LogP contribution >= 0.6 is 11.8 Å². The number of thioether (sulfide) groups is 1. The molecule has 4 rings (SSSR count). The third kappa shape index (κ3) is 5.02. The molecule has 1 heterocycles. The standard InChI is InChI=1S/C26H21FN2O4S/c1-16-20(25(31)32)10-6-12-22(16)28-26-29(2)24(30)23(34-26)14-17-7-5-9-19(13-17)33-15-18-8-3-4-11-21(18)27/h3-14H,15H2,1-2H3,(H,31,32)/b23-14-,28-26?. The monoisotopic (exact) mass is 476 g/mol. The molecule has 3 aromatic carbocycles. The fraction of sp³-hybridized carbons (Fsp3) is 0.115. The predicted molar refractivity (Wildman–Crippen MR) is 131 cm³/mol. The van der Waals surface area contributed by atoms with E-state index < -0.39 is 5.97 Å². The second-order valence-corrected chi connectivity index (χ2v) is 8.59. The van der Waals surface area contributed by atoms with Gasteiger partial charge in [-0.1, -0.05) is 36.4 Å². The van der Waals surface area contributed by atoms with Gasteiger partial charge in [0.15, 0.2) is 5.17 Å². The Kier molecular flexibility index (Phi) is 6.79. The van der Waals surface area contributed by atoms with Gasteiger partial charge in [-0.3, -0.25) is 9.69 Å². The molecule has 1 aliphatic rings. The van der Waals surface area contributed by atoms with Crippen molar-refractivity contribution in [1.29, 1.82) is 0 Å². The van der Waals surface area contributed by atoms with Crippen molar-refractivity contribution in [3.8, 4) is 5.75 Å². The maximum Gasteiger partial charge on any atom is 0.336 e. The van der Waals surface area contributed by atoms with Gasteiger partial charge in [0.2, 0.25) is 0 Å². The summed E-state index contributed by atoms with van der Waals surface area (Å²) in [5, 5.41) is 9.79. The molecule has 0 radical (unpaired) electrons. The lowest BCUT2D eigenvalue weighted by Crippen LogP contribution is -2.23. The molecule has 0 bridgehead atoms. The Bertz CT molecular complexity index is 1340. The van der Waals surface area contributed by atoms with Gasteiger partial charge in [-0.15, -0.1) is 0 Å². The van der Waals surface area contributed by atoms with Crippen molar-refractivity contribution in [2.24, 2.45) is 4.99 Å². The highest BCUT2D eigenvalue weighted by atomic mass is 32.2. The molecular formula is C26H21FN2O4S. The van der Waals surface area contributed by atoms with E-state index in [1.54, 1.807) is 68.6 Å². The van der Waals surface area contributed by atoms with E-state index in [2.05, 4.69) is 4.99 Å². The zero-order valence-electron chi connectivity index (χ0n) is 18.5. The van der Waals surface area contributed by atoms with Crippen LogP contribution in [-0.4, -0.2) is 34.1 Å². The highest BCUT2D eigenvalue weighted by Gasteiger charge is 2.30. The second kappa shape index (κ2) is 9.93. The Balaban J connectivity index is 1.54. The summed E-state index contributed by atoms with van der Waals surface area (Å²) in [6, 6.07) is 18.5. The van der Waals surface area contributed by atoms with Crippen molar-refractivity contribution in [3.05, 3.63) is 99.7 Å². The summed E-state index contributed by atoms with van der Waals surface area (Å²) in [7, 11) is 1.62. The first kappa shape index (κ1) is 23.3. The quantitative estimate of drug-likeness (QED) is 0.466. The first-order chi connectivity index (χ1) is 16.3. The Morgan fingerprint density at radius 2 is 1.91 bits per heavy atom. The van der Waals surface area contributed by atoms with Crippen LogP contribution in [0.1, 0.15) is 27.0 Å². The number of benzene rings is 3. The molecule has 0 saturated carbocycles. The molecule has 34 heavy (non-hydrogen) atoms. The largest absolute Gasteiger partial charge is 0.489 e. The zero-order valence-corrected chi connectivity index (χ0v) is 19.3. The lowest BCUT2D eigenvalue weighted by atomic mass is 10.1. The van der Waals surface area contributed by atoms with E-state index in [4.69, 9.17) is 4.74 Å². The van der Waals surface area contributed by atoms with Crippen LogP contribution in [0.25, 0.3) is 6.08 Å². The molecule has 1 saturated heterocycles. The average molecular weight is 477 g/mol. The normalized spacial score (nSPS) is 15.9. The lowest BCUT2D eigenvalue weighted by molar-refractivity contribution is -0.121. The number of halogens is 1. The Labute approximate surface area is 200 Å². The summed E-state index contributed by atoms with van der Waals surface area (Å²) < 4.78 is 19.6. The lowest BCUT2D eigenvalue weighted by Gasteiger charge is -2.09. The molecule has 1 amide bonds. The number of carboxylic acids is 1. The number of likely N-dealkylation sites (N-methyl/N-ethyl adjacent to an activating group) is 1. The smallest absolute Gasteiger partial charge is 0.336 e. The molecule has 3 aromatic rings. The fourth-order valence-corrected chi connectivity index (χ4v) is 4.33. The van der Waals surface area contributed by atoms with Crippen LogP contribution in [0, 0.1) is 12.7 Å². The van der Waals surface area contributed by atoms with E-state index in [1.165, 1.54) is 28.8 Å². The molecular weight excluding hydrogens is 455 g/mol. The topological polar surface area (TPSA) is 79.2 Å². The highest BCUT2D eigenvalue weighted by molar-refractivity contribution is 8.18. The summed E-state index contributed by atoms with van der Waals surface area (Å²) in [6.07, 6.45) is 1.74. The van der Waals surface area contributed by atoms with Gasteiger partial charge in [-0.2, -0.15) is 0 Å². The molecule has 0 unspecified atom stereocenters. The first-order valence-corrected chi connectivity index (χ1v) is 11.2. The Hall–Kier alpha value is -3.91. The highest BCUT2D eigenvalue weighted by Crippen LogP contribution is 2.34. The van der Waals surface area contributed by atoms with Gasteiger partial charge in [0, 0.05) is 12.6 Å². The molecule has 1 N–H and O–H groups in total. The summed E-state index contributed by atoms with van der Waals surface area (Å²) in [4.78, 5) is 30.6.